The minimum absolute atomic E-state index is 1.06. The van der Waals surface area contributed by atoms with Crippen LogP contribution in [-0.2, 0) is 23.1 Å². The molecule has 0 N–H and O–H groups in total. The summed E-state index contributed by atoms with van der Waals surface area (Å²) in [6.45, 7) is 0. The number of fused-ring (bicyclic) bond motifs is 1. The molecule has 0 saturated carbocycles. The number of hydrogen-bond donors (Lipinski definition) is 0. The van der Waals surface area contributed by atoms with Crippen LogP contribution < -0.4 is 3.07 Å². The van der Waals surface area contributed by atoms with Gasteiger partial charge in [0.25, 0.3) is 0 Å². The molecule has 0 aliphatic rings. The molecule has 0 saturated heterocycles. The fourth-order valence-corrected chi connectivity index (χ4v) is 14.5. The number of benzene rings is 2. The second-order valence-electron chi connectivity index (χ2n) is 3.72. The summed E-state index contributed by atoms with van der Waals surface area (Å²) in [4.78, 5) is 4.66. The molecule has 80 valence electrons. The molecule has 0 aliphatic heterocycles. The van der Waals surface area contributed by atoms with E-state index >= 15 is 0 Å². The maximum atomic E-state index is 4.66. The normalized spacial score (nSPS) is 10.4. The quantitative estimate of drug-likeness (QED) is 0.572. The zero-order chi connectivity index (χ0) is 11.5. The monoisotopic (exact) mass is 445 g/mol. The van der Waals surface area contributed by atoms with E-state index in [1.165, 1.54) is 9.04 Å². The fourth-order valence-electron chi connectivity index (χ4n) is 1.63. The van der Waals surface area contributed by atoms with E-state index < -0.39 is 23.1 Å². The summed E-state index contributed by atoms with van der Waals surface area (Å²) in [7, 11) is 2.03. The van der Waals surface area contributed by atoms with Crippen molar-refractivity contribution in [3.05, 3.63) is 54.6 Å². The molecule has 0 atom stereocenters. The Morgan fingerprint density at radius 2 is 1.71 bits per heavy atom. The van der Waals surface area contributed by atoms with Gasteiger partial charge in [-0.05, 0) is 0 Å². The molecule has 4 heteroatoms. The molecular formula is C13H9HgNS2. The standard InChI is InChI=1S/C7H5NS2.C6H5.Hg/c9-7-8-5-3-1-2-4-6(5)10-7;1-2-4-6-5-3-1;/h1-4H,(H,8,9);1-5H;/q;;+1/p-1. The third kappa shape index (κ3) is 2.90. The van der Waals surface area contributed by atoms with E-state index in [4.69, 9.17) is 0 Å². The first-order chi connectivity index (χ1) is 8.42. The Kier molecular flexibility index (Phi) is 3.79. The van der Waals surface area contributed by atoms with Crippen LogP contribution >= 0.6 is 19.6 Å². The Hall–Kier alpha value is -0.385. The van der Waals surface area contributed by atoms with Crippen molar-refractivity contribution in [2.45, 2.75) is 4.34 Å². The van der Waals surface area contributed by atoms with Gasteiger partial charge in [-0.2, -0.15) is 0 Å². The van der Waals surface area contributed by atoms with Gasteiger partial charge in [0.15, 0.2) is 0 Å². The third-order valence-electron chi connectivity index (χ3n) is 2.48. The Balaban J connectivity index is 1.77. The van der Waals surface area contributed by atoms with Gasteiger partial charge in [-0.25, -0.2) is 0 Å². The van der Waals surface area contributed by atoms with Crippen molar-refractivity contribution in [1.82, 2.24) is 4.98 Å². The first-order valence-corrected chi connectivity index (χ1v) is 16.7. The summed E-state index contributed by atoms with van der Waals surface area (Å²) in [5, 5.41) is 0. The van der Waals surface area contributed by atoms with Gasteiger partial charge < -0.3 is 0 Å². The predicted molar refractivity (Wildman–Crippen MR) is 71.6 cm³/mol. The molecule has 0 spiro atoms. The Morgan fingerprint density at radius 1 is 0.941 bits per heavy atom. The summed E-state index contributed by atoms with van der Waals surface area (Å²) >= 11 is 0.767. The zero-order valence-corrected chi connectivity index (χ0v) is 16.3. The minimum atomic E-state index is -1.06. The SMILES string of the molecule is c1cc[c]([Hg][S]c2nc3ccccc3s2)cc1. The number of hydrogen-bond acceptors (Lipinski definition) is 3. The van der Waals surface area contributed by atoms with Crippen molar-refractivity contribution < 1.29 is 23.1 Å². The van der Waals surface area contributed by atoms with Gasteiger partial charge in [0.2, 0.25) is 0 Å². The van der Waals surface area contributed by atoms with E-state index in [0.29, 0.717) is 0 Å². The molecule has 0 amide bonds. The summed E-state index contributed by atoms with van der Waals surface area (Å²) in [6, 6.07) is 19.2. The van der Waals surface area contributed by atoms with E-state index in [2.05, 4.69) is 59.6 Å². The summed E-state index contributed by atoms with van der Waals surface area (Å²) < 4.78 is 4.12. The van der Waals surface area contributed by atoms with Crippen LogP contribution in [0, 0.1) is 0 Å². The van der Waals surface area contributed by atoms with E-state index in [-0.39, 0.29) is 0 Å². The predicted octanol–water partition coefficient (Wildman–Crippen LogP) is 3.71. The topological polar surface area (TPSA) is 12.9 Å². The summed E-state index contributed by atoms with van der Waals surface area (Å²) in [6.07, 6.45) is 0. The van der Waals surface area contributed by atoms with Crippen LogP contribution in [0.4, 0.5) is 0 Å². The first kappa shape index (κ1) is 11.7. The fraction of sp³-hybridized carbons (Fsp3) is 0. The van der Waals surface area contributed by atoms with Gasteiger partial charge in [0, 0.05) is 0 Å². The van der Waals surface area contributed by atoms with Crippen LogP contribution in [-0.4, -0.2) is 4.98 Å². The summed E-state index contributed by atoms with van der Waals surface area (Å²) in [5.41, 5.74) is 1.14. The number of aromatic nitrogens is 1. The molecular weight excluding hydrogens is 435 g/mol. The van der Waals surface area contributed by atoms with Gasteiger partial charge in [-0.3, -0.25) is 0 Å². The first-order valence-electron chi connectivity index (χ1n) is 5.44. The van der Waals surface area contributed by atoms with Gasteiger partial charge in [0.05, 0.1) is 0 Å². The molecule has 2 aromatic carbocycles. The van der Waals surface area contributed by atoms with Crippen molar-refractivity contribution in [3.8, 4) is 0 Å². The molecule has 0 fully saturated rings. The Labute approximate surface area is 119 Å². The van der Waals surface area contributed by atoms with E-state index in [1.54, 1.807) is 3.07 Å². The van der Waals surface area contributed by atoms with Gasteiger partial charge in [-0.1, -0.05) is 0 Å². The molecule has 0 unspecified atom stereocenters. The van der Waals surface area contributed by atoms with Crippen LogP contribution in [0.3, 0.4) is 0 Å². The third-order valence-corrected chi connectivity index (χ3v) is 17.8. The van der Waals surface area contributed by atoms with Gasteiger partial charge >= 0.3 is 120 Å². The number of rotatable bonds is 3. The van der Waals surface area contributed by atoms with E-state index in [0.717, 1.165) is 5.52 Å². The van der Waals surface area contributed by atoms with Crippen molar-refractivity contribution >= 4 is 32.9 Å². The molecule has 17 heavy (non-hydrogen) atoms. The Bertz CT molecular complexity index is 588. The van der Waals surface area contributed by atoms with Crippen molar-refractivity contribution in [1.29, 1.82) is 0 Å². The van der Waals surface area contributed by atoms with Gasteiger partial charge in [-0.15, -0.1) is 0 Å². The zero-order valence-electron chi connectivity index (χ0n) is 9.17. The molecule has 3 aromatic rings. The average Bonchev–Trinajstić information content (AvgIpc) is 2.80. The van der Waals surface area contributed by atoms with Crippen molar-refractivity contribution in [2.24, 2.45) is 0 Å². The van der Waals surface area contributed by atoms with Crippen molar-refractivity contribution in [3.63, 3.8) is 0 Å². The molecule has 1 heterocycles. The van der Waals surface area contributed by atoms with Crippen LogP contribution in [0.5, 0.6) is 0 Å². The van der Waals surface area contributed by atoms with Crippen molar-refractivity contribution in [2.75, 3.05) is 0 Å². The Morgan fingerprint density at radius 3 is 2.53 bits per heavy atom. The molecule has 0 bridgehead atoms. The number of nitrogens with zero attached hydrogens (tertiary/aromatic N) is 1. The van der Waals surface area contributed by atoms with E-state index in [1.807, 2.05) is 19.6 Å². The molecule has 0 aliphatic carbocycles. The van der Waals surface area contributed by atoms with Gasteiger partial charge in [0.1, 0.15) is 0 Å². The molecule has 1 nitrogen and oxygen atoms in total. The number of thiazole rings is 1. The second kappa shape index (κ2) is 5.50. The molecule has 0 radical (unpaired) electrons. The van der Waals surface area contributed by atoms with Crippen LogP contribution in [0.1, 0.15) is 0 Å². The maximum absolute atomic E-state index is 4.66. The summed E-state index contributed by atoms with van der Waals surface area (Å²) in [5.74, 6) is 0. The van der Waals surface area contributed by atoms with Crippen LogP contribution in [0.25, 0.3) is 10.2 Å². The number of para-hydroxylation sites is 1. The molecule has 3 rings (SSSR count). The van der Waals surface area contributed by atoms with E-state index in [9.17, 15) is 0 Å². The second-order valence-corrected chi connectivity index (χ2v) is 15.9. The molecule has 1 aromatic heterocycles. The van der Waals surface area contributed by atoms with Crippen LogP contribution in [0.2, 0.25) is 0 Å². The average molecular weight is 444 g/mol. The van der Waals surface area contributed by atoms with Crippen LogP contribution in [0.15, 0.2) is 58.9 Å².